The van der Waals surface area contributed by atoms with E-state index < -0.39 is 12.6 Å². The van der Waals surface area contributed by atoms with Crippen molar-refractivity contribution >= 4 is 17.6 Å². The van der Waals surface area contributed by atoms with Gasteiger partial charge in [-0.15, -0.1) is 0 Å². The van der Waals surface area contributed by atoms with Crippen LogP contribution in [0.15, 0.2) is 47.6 Å². The van der Waals surface area contributed by atoms with E-state index in [4.69, 9.17) is 14.6 Å². The van der Waals surface area contributed by atoms with E-state index in [0.717, 1.165) is 11.1 Å². The summed E-state index contributed by atoms with van der Waals surface area (Å²) in [6.45, 7) is 5.13. The molecule has 0 atom stereocenters. The van der Waals surface area contributed by atoms with Crippen LogP contribution in [0.2, 0.25) is 0 Å². The predicted molar refractivity (Wildman–Crippen MR) is 101 cm³/mol. The van der Waals surface area contributed by atoms with Gasteiger partial charge in [0.15, 0.2) is 13.2 Å². The fourth-order valence-corrected chi connectivity index (χ4v) is 2.15. The van der Waals surface area contributed by atoms with Gasteiger partial charge in [0, 0.05) is 5.56 Å². The number of carbonyl (C=O) groups excluding carboxylic acids is 1. The number of hydrazone groups is 1. The summed E-state index contributed by atoms with van der Waals surface area (Å²) < 4.78 is 10.6. The van der Waals surface area contributed by atoms with Crippen LogP contribution >= 0.6 is 0 Å². The number of nitrogens with one attached hydrogen (secondary N) is 1. The van der Waals surface area contributed by atoms with E-state index in [9.17, 15) is 9.59 Å². The third kappa shape index (κ3) is 6.47. The van der Waals surface area contributed by atoms with E-state index in [0.29, 0.717) is 22.8 Å². The van der Waals surface area contributed by atoms with Gasteiger partial charge < -0.3 is 14.6 Å². The highest BCUT2D eigenvalue weighted by atomic mass is 16.5. The molecule has 27 heavy (non-hydrogen) atoms. The van der Waals surface area contributed by atoms with Crippen LogP contribution in [-0.4, -0.2) is 35.9 Å². The van der Waals surface area contributed by atoms with Crippen molar-refractivity contribution in [3.63, 3.8) is 0 Å². The normalized spacial score (nSPS) is 11.0. The molecular formula is C20H22N2O5. The molecule has 7 heteroatoms. The number of hydrogen-bond donors (Lipinski definition) is 2. The summed E-state index contributed by atoms with van der Waals surface area (Å²) in [5.41, 5.74) is 5.93. The second-order valence-corrected chi connectivity index (χ2v) is 5.98. The first-order valence-corrected chi connectivity index (χ1v) is 8.33. The van der Waals surface area contributed by atoms with Crippen LogP contribution in [0.3, 0.4) is 0 Å². The molecule has 0 aliphatic rings. The predicted octanol–water partition coefficient (Wildman–Crippen LogP) is 2.69. The maximum absolute atomic E-state index is 11.9. The Morgan fingerprint density at radius 2 is 1.70 bits per heavy atom. The lowest BCUT2D eigenvalue weighted by Crippen LogP contribution is -2.25. The summed E-state index contributed by atoms with van der Waals surface area (Å²) in [6, 6.07) is 12.4. The van der Waals surface area contributed by atoms with Crippen molar-refractivity contribution in [2.45, 2.75) is 20.8 Å². The fraction of sp³-hybridized carbons (Fsp3) is 0.250. The molecule has 0 unspecified atom stereocenters. The lowest BCUT2D eigenvalue weighted by molar-refractivity contribution is -0.139. The Kier molecular flexibility index (Phi) is 6.93. The molecule has 2 aromatic carbocycles. The minimum atomic E-state index is -1.05. The number of rotatable bonds is 8. The zero-order valence-electron chi connectivity index (χ0n) is 15.5. The molecule has 0 aliphatic carbocycles. The summed E-state index contributed by atoms with van der Waals surface area (Å²) in [7, 11) is 0. The summed E-state index contributed by atoms with van der Waals surface area (Å²) in [5, 5.41) is 12.7. The maximum Gasteiger partial charge on any atom is 0.341 e. The standard InChI is InChI=1S/C20H22N2O5/c1-13-7-8-18(9-14(13)2)26-11-19(23)22-21-15(3)16-5-4-6-17(10-16)27-12-20(24)25/h4-10H,11-12H2,1-3H3,(H,22,23)(H,24,25)/b21-15-. The zero-order chi connectivity index (χ0) is 19.8. The third-order valence-corrected chi connectivity index (χ3v) is 3.81. The topological polar surface area (TPSA) is 97.2 Å². The Labute approximate surface area is 157 Å². The van der Waals surface area contributed by atoms with Crippen LogP contribution in [0, 0.1) is 13.8 Å². The van der Waals surface area contributed by atoms with Crippen molar-refractivity contribution in [1.82, 2.24) is 5.43 Å². The van der Waals surface area contributed by atoms with Gasteiger partial charge in [-0.2, -0.15) is 5.10 Å². The van der Waals surface area contributed by atoms with E-state index >= 15 is 0 Å². The van der Waals surface area contributed by atoms with Gasteiger partial charge in [0.25, 0.3) is 5.91 Å². The molecule has 1 amide bonds. The molecule has 0 fully saturated rings. The molecule has 2 rings (SSSR count). The molecule has 0 saturated heterocycles. The summed E-state index contributed by atoms with van der Waals surface area (Å²) >= 11 is 0. The molecule has 0 spiro atoms. The molecule has 0 aromatic heterocycles. The Hall–Kier alpha value is -3.35. The molecular weight excluding hydrogens is 348 g/mol. The first-order valence-electron chi connectivity index (χ1n) is 8.33. The average molecular weight is 370 g/mol. The lowest BCUT2D eigenvalue weighted by atomic mass is 10.1. The molecule has 0 saturated carbocycles. The molecule has 0 radical (unpaired) electrons. The second-order valence-electron chi connectivity index (χ2n) is 5.98. The van der Waals surface area contributed by atoms with Crippen LogP contribution in [0.5, 0.6) is 11.5 Å². The minimum absolute atomic E-state index is 0.152. The van der Waals surface area contributed by atoms with Crippen molar-refractivity contribution < 1.29 is 24.2 Å². The zero-order valence-corrected chi connectivity index (χ0v) is 15.5. The van der Waals surface area contributed by atoms with Crippen LogP contribution < -0.4 is 14.9 Å². The quantitative estimate of drug-likeness (QED) is 0.550. The number of benzene rings is 2. The van der Waals surface area contributed by atoms with Gasteiger partial charge >= 0.3 is 5.97 Å². The van der Waals surface area contributed by atoms with E-state index in [1.54, 1.807) is 31.2 Å². The average Bonchev–Trinajstić information content (AvgIpc) is 2.65. The SMILES string of the molecule is C/C(=N/NC(=O)COc1ccc(C)c(C)c1)c1cccc(OCC(=O)O)c1. The van der Waals surface area contributed by atoms with Gasteiger partial charge in [0.1, 0.15) is 11.5 Å². The smallest absolute Gasteiger partial charge is 0.341 e. The summed E-state index contributed by atoms with van der Waals surface area (Å²) in [6.07, 6.45) is 0. The number of carboxylic acid groups (broad SMARTS) is 1. The van der Waals surface area contributed by atoms with E-state index in [2.05, 4.69) is 10.5 Å². The van der Waals surface area contributed by atoms with Crippen LogP contribution in [0.25, 0.3) is 0 Å². The number of amides is 1. The van der Waals surface area contributed by atoms with Crippen molar-refractivity contribution in [3.8, 4) is 11.5 Å². The molecule has 142 valence electrons. The molecule has 0 bridgehead atoms. The molecule has 2 aromatic rings. The van der Waals surface area contributed by atoms with E-state index in [-0.39, 0.29) is 12.5 Å². The number of nitrogens with zero attached hydrogens (tertiary/aromatic N) is 1. The van der Waals surface area contributed by atoms with Crippen molar-refractivity contribution in [2.75, 3.05) is 13.2 Å². The number of carboxylic acids is 1. The van der Waals surface area contributed by atoms with Gasteiger partial charge in [-0.1, -0.05) is 18.2 Å². The van der Waals surface area contributed by atoms with Crippen molar-refractivity contribution in [1.29, 1.82) is 0 Å². The number of aryl methyl sites for hydroxylation is 2. The maximum atomic E-state index is 11.9. The second kappa shape index (κ2) is 9.38. The Balaban J connectivity index is 1.90. The van der Waals surface area contributed by atoms with E-state index in [1.807, 2.05) is 32.0 Å². The third-order valence-electron chi connectivity index (χ3n) is 3.81. The van der Waals surface area contributed by atoms with Crippen molar-refractivity contribution in [2.24, 2.45) is 5.10 Å². The summed E-state index contributed by atoms with van der Waals surface area (Å²) in [5.74, 6) is -0.404. The molecule has 0 aliphatic heterocycles. The number of carbonyl (C=O) groups is 2. The number of aliphatic carboxylic acids is 1. The molecule has 7 nitrogen and oxygen atoms in total. The van der Waals surface area contributed by atoms with Gasteiger partial charge in [0.2, 0.25) is 0 Å². The van der Waals surface area contributed by atoms with E-state index in [1.165, 1.54) is 0 Å². The van der Waals surface area contributed by atoms with Crippen molar-refractivity contribution in [3.05, 3.63) is 59.2 Å². The highest BCUT2D eigenvalue weighted by Gasteiger charge is 2.06. The van der Waals surface area contributed by atoms with Crippen LogP contribution in [-0.2, 0) is 9.59 Å². The first-order chi connectivity index (χ1) is 12.8. The largest absolute Gasteiger partial charge is 0.484 e. The monoisotopic (exact) mass is 370 g/mol. The van der Waals surface area contributed by atoms with Crippen LogP contribution in [0.4, 0.5) is 0 Å². The van der Waals surface area contributed by atoms with Gasteiger partial charge in [-0.25, -0.2) is 10.2 Å². The van der Waals surface area contributed by atoms with Gasteiger partial charge in [-0.3, -0.25) is 4.79 Å². The first kappa shape index (κ1) is 20.0. The highest BCUT2D eigenvalue weighted by molar-refractivity contribution is 5.99. The van der Waals surface area contributed by atoms with Gasteiger partial charge in [0.05, 0.1) is 5.71 Å². The molecule has 0 heterocycles. The van der Waals surface area contributed by atoms with Gasteiger partial charge in [-0.05, 0) is 56.2 Å². The number of ether oxygens (including phenoxy) is 2. The Morgan fingerprint density at radius 3 is 2.41 bits per heavy atom. The molecule has 2 N–H and O–H groups in total. The highest BCUT2D eigenvalue weighted by Crippen LogP contribution is 2.16. The summed E-state index contributed by atoms with van der Waals surface area (Å²) in [4.78, 5) is 22.5. The fourth-order valence-electron chi connectivity index (χ4n) is 2.15. The Bertz CT molecular complexity index is 861. The van der Waals surface area contributed by atoms with Crippen LogP contribution in [0.1, 0.15) is 23.6 Å². The number of hydrogen-bond acceptors (Lipinski definition) is 5. The minimum Gasteiger partial charge on any atom is -0.484 e. The lowest BCUT2D eigenvalue weighted by Gasteiger charge is -2.08. The Morgan fingerprint density at radius 1 is 1.00 bits per heavy atom.